The van der Waals surface area contributed by atoms with E-state index >= 15 is 0 Å². The van der Waals surface area contributed by atoms with Gasteiger partial charge in [0.15, 0.2) is 6.61 Å². The van der Waals surface area contributed by atoms with Crippen LogP contribution in [0.25, 0.3) is 0 Å². The topological polar surface area (TPSA) is 32.8 Å². The number of carbonyl (C=O) groups is 1. The van der Waals surface area contributed by atoms with E-state index in [0.29, 0.717) is 5.88 Å². The number of nitrogens with zero attached hydrogens (tertiary/aromatic N) is 2. The Kier molecular flexibility index (Phi) is 5.68. The number of amides is 1. The van der Waals surface area contributed by atoms with Crippen LogP contribution in [0, 0.1) is 6.92 Å². The molecule has 1 aromatic carbocycles. The fourth-order valence-electron chi connectivity index (χ4n) is 2.21. The van der Waals surface area contributed by atoms with Crippen molar-refractivity contribution in [3.05, 3.63) is 29.8 Å². The number of halogens is 1. The maximum atomic E-state index is 12.1. The van der Waals surface area contributed by atoms with Crippen molar-refractivity contribution in [1.29, 1.82) is 0 Å². The SMILES string of the molecule is Cc1ccc(OCC(=O)N2CCN(CCCl)CC2)cc1. The first kappa shape index (κ1) is 15.1. The second kappa shape index (κ2) is 7.50. The van der Waals surface area contributed by atoms with Crippen LogP contribution in [0.4, 0.5) is 0 Å². The van der Waals surface area contributed by atoms with Gasteiger partial charge < -0.3 is 9.64 Å². The van der Waals surface area contributed by atoms with Gasteiger partial charge in [0, 0.05) is 38.6 Å². The van der Waals surface area contributed by atoms with E-state index in [0.717, 1.165) is 38.5 Å². The summed E-state index contributed by atoms with van der Waals surface area (Å²) in [6.07, 6.45) is 0. The van der Waals surface area contributed by atoms with E-state index in [4.69, 9.17) is 16.3 Å². The van der Waals surface area contributed by atoms with Crippen molar-refractivity contribution in [2.75, 3.05) is 45.2 Å². The summed E-state index contributed by atoms with van der Waals surface area (Å²) in [6, 6.07) is 7.73. The third-order valence-corrected chi connectivity index (χ3v) is 3.68. The van der Waals surface area contributed by atoms with Gasteiger partial charge in [-0.1, -0.05) is 17.7 Å². The Morgan fingerprint density at radius 3 is 2.45 bits per heavy atom. The molecule has 0 bridgehead atoms. The summed E-state index contributed by atoms with van der Waals surface area (Å²) in [4.78, 5) is 16.2. The van der Waals surface area contributed by atoms with Gasteiger partial charge in [-0.2, -0.15) is 0 Å². The summed E-state index contributed by atoms with van der Waals surface area (Å²) in [5, 5.41) is 0. The molecule has 110 valence electrons. The van der Waals surface area contributed by atoms with Gasteiger partial charge in [0.25, 0.3) is 5.91 Å². The van der Waals surface area contributed by atoms with Crippen molar-refractivity contribution in [1.82, 2.24) is 9.80 Å². The maximum absolute atomic E-state index is 12.1. The van der Waals surface area contributed by atoms with Gasteiger partial charge in [0.2, 0.25) is 0 Å². The lowest BCUT2D eigenvalue weighted by molar-refractivity contribution is -0.135. The predicted molar refractivity (Wildman–Crippen MR) is 80.4 cm³/mol. The van der Waals surface area contributed by atoms with Crippen molar-refractivity contribution in [3.8, 4) is 5.75 Å². The van der Waals surface area contributed by atoms with Gasteiger partial charge in [0.1, 0.15) is 5.75 Å². The number of benzene rings is 1. The van der Waals surface area contributed by atoms with Crippen molar-refractivity contribution >= 4 is 17.5 Å². The van der Waals surface area contributed by atoms with Crippen LogP contribution < -0.4 is 4.74 Å². The summed E-state index contributed by atoms with van der Waals surface area (Å²) in [5.74, 6) is 1.44. The minimum Gasteiger partial charge on any atom is -0.484 e. The molecule has 0 spiro atoms. The molecule has 20 heavy (non-hydrogen) atoms. The summed E-state index contributed by atoms with van der Waals surface area (Å²) >= 11 is 5.72. The highest BCUT2D eigenvalue weighted by molar-refractivity contribution is 6.18. The van der Waals surface area contributed by atoms with E-state index in [9.17, 15) is 4.79 Å². The minimum atomic E-state index is 0.0519. The molecule has 1 aliphatic rings. The van der Waals surface area contributed by atoms with E-state index in [1.165, 1.54) is 5.56 Å². The first-order valence-corrected chi connectivity index (χ1v) is 7.48. The number of alkyl halides is 1. The molecule has 0 unspecified atom stereocenters. The standard InChI is InChI=1S/C15H21ClN2O2/c1-13-2-4-14(5-3-13)20-12-15(19)18-10-8-17(7-6-16)9-11-18/h2-5H,6-12H2,1H3. The van der Waals surface area contributed by atoms with Crippen LogP contribution in [0.2, 0.25) is 0 Å². The number of hydrogen-bond acceptors (Lipinski definition) is 3. The van der Waals surface area contributed by atoms with Crippen molar-refractivity contribution in [2.45, 2.75) is 6.92 Å². The molecule has 1 fully saturated rings. The fourth-order valence-corrected chi connectivity index (χ4v) is 2.45. The normalized spacial score (nSPS) is 16.2. The number of piperazine rings is 1. The molecule has 1 aliphatic heterocycles. The molecule has 4 nitrogen and oxygen atoms in total. The molecule has 0 aromatic heterocycles. The smallest absolute Gasteiger partial charge is 0.260 e. The third kappa shape index (κ3) is 4.39. The lowest BCUT2D eigenvalue weighted by Crippen LogP contribution is -2.50. The molecule has 2 rings (SSSR count). The highest BCUT2D eigenvalue weighted by Gasteiger charge is 2.20. The van der Waals surface area contributed by atoms with Crippen LogP contribution in [-0.4, -0.2) is 60.9 Å². The molecule has 0 saturated carbocycles. The number of carbonyl (C=O) groups excluding carboxylic acids is 1. The van der Waals surface area contributed by atoms with Crippen LogP contribution >= 0.6 is 11.6 Å². The molecule has 1 aromatic rings. The second-order valence-electron chi connectivity index (χ2n) is 5.01. The van der Waals surface area contributed by atoms with E-state index in [1.807, 2.05) is 36.1 Å². The Morgan fingerprint density at radius 1 is 1.20 bits per heavy atom. The molecule has 0 aliphatic carbocycles. The number of ether oxygens (including phenoxy) is 1. The Balaban J connectivity index is 1.74. The number of aryl methyl sites for hydroxylation is 1. The summed E-state index contributed by atoms with van der Waals surface area (Å²) < 4.78 is 5.52. The van der Waals surface area contributed by atoms with E-state index < -0.39 is 0 Å². The number of rotatable bonds is 5. The molecular formula is C15H21ClN2O2. The van der Waals surface area contributed by atoms with E-state index in [-0.39, 0.29) is 12.5 Å². The second-order valence-corrected chi connectivity index (χ2v) is 5.39. The van der Waals surface area contributed by atoms with Gasteiger partial charge in [-0.3, -0.25) is 9.69 Å². The lowest BCUT2D eigenvalue weighted by atomic mass is 10.2. The highest BCUT2D eigenvalue weighted by atomic mass is 35.5. The number of hydrogen-bond donors (Lipinski definition) is 0. The zero-order valence-electron chi connectivity index (χ0n) is 11.8. The van der Waals surface area contributed by atoms with Crippen LogP contribution in [0.3, 0.4) is 0 Å². The van der Waals surface area contributed by atoms with Crippen LogP contribution in [0.5, 0.6) is 5.75 Å². The summed E-state index contributed by atoms with van der Waals surface area (Å²) in [5.41, 5.74) is 1.18. The molecule has 1 heterocycles. The Bertz CT molecular complexity index is 428. The highest BCUT2D eigenvalue weighted by Crippen LogP contribution is 2.11. The molecular weight excluding hydrogens is 276 g/mol. The molecule has 0 N–H and O–H groups in total. The Labute approximate surface area is 125 Å². The average molecular weight is 297 g/mol. The first-order valence-electron chi connectivity index (χ1n) is 6.94. The predicted octanol–water partition coefficient (Wildman–Crippen LogP) is 1.76. The molecule has 0 radical (unpaired) electrons. The van der Waals surface area contributed by atoms with Gasteiger partial charge >= 0.3 is 0 Å². The largest absolute Gasteiger partial charge is 0.484 e. The molecule has 0 atom stereocenters. The van der Waals surface area contributed by atoms with Crippen LogP contribution in [-0.2, 0) is 4.79 Å². The maximum Gasteiger partial charge on any atom is 0.260 e. The van der Waals surface area contributed by atoms with Gasteiger partial charge in [-0.25, -0.2) is 0 Å². The monoisotopic (exact) mass is 296 g/mol. The average Bonchev–Trinajstić information content (AvgIpc) is 2.47. The Hall–Kier alpha value is -1.26. The molecule has 1 saturated heterocycles. The quantitative estimate of drug-likeness (QED) is 0.776. The van der Waals surface area contributed by atoms with E-state index in [1.54, 1.807) is 0 Å². The van der Waals surface area contributed by atoms with Crippen molar-refractivity contribution in [3.63, 3.8) is 0 Å². The molecule has 1 amide bonds. The fraction of sp³-hybridized carbons (Fsp3) is 0.533. The van der Waals surface area contributed by atoms with Gasteiger partial charge in [-0.15, -0.1) is 11.6 Å². The third-order valence-electron chi connectivity index (χ3n) is 3.51. The van der Waals surface area contributed by atoms with E-state index in [2.05, 4.69) is 4.90 Å². The van der Waals surface area contributed by atoms with Crippen molar-refractivity contribution in [2.24, 2.45) is 0 Å². The summed E-state index contributed by atoms with van der Waals surface area (Å²) in [7, 11) is 0. The van der Waals surface area contributed by atoms with Gasteiger partial charge in [-0.05, 0) is 19.1 Å². The Morgan fingerprint density at radius 2 is 1.85 bits per heavy atom. The summed E-state index contributed by atoms with van der Waals surface area (Å²) in [6.45, 7) is 6.32. The van der Waals surface area contributed by atoms with Gasteiger partial charge in [0.05, 0.1) is 0 Å². The molecule has 5 heteroatoms. The van der Waals surface area contributed by atoms with Crippen LogP contribution in [0.15, 0.2) is 24.3 Å². The first-order chi connectivity index (χ1) is 9.69. The zero-order valence-corrected chi connectivity index (χ0v) is 12.6. The van der Waals surface area contributed by atoms with Crippen molar-refractivity contribution < 1.29 is 9.53 Å². The lowest BCUT2D eigenvalue weighted by Gasteiger charge is -2.34. The minimum absolute atomic E-state index is 0.0519. The van der Waals surface area contributed by atoms with Crippen LogP contribution in [0.1, 0.15) is 5.56 Å². The zero-order chi connectivity index (χ0) is 14.4.